The normalized spacial score (nSPS) is 16.4. The van der Waals surface area contributed by atoms with Gasteiger partial charge in [0.15, 0.2) is 0 Å². The monoisotopic (exact) mass is 383 g/mol. The summed E-state index contributed by atoms with van der Waals surface area (Å²) in [6, 6.07) is 1.80. The summed E-state index contributed by atoms with van der Waals surface area (Å²) in [5.41, 5.74) is 2.38. The number of rotatable bonds is 7. The topological polar surface area (TPSA) is 122 Å². The molecule has 0 saturated carbocycles. The van der Waals surface area contributed by atoms with E-state index < -0.39 is 5.97 Å². The zero-order chi connectivity index (χ0) is 20.4. The van der Waals surface area contributed by atoms with Crippen molar-refractivity contribution in [3.63, 3.8) is 0 Å². The number of nitrogens with zero attached hydrogens (tertiary/aromatic N) is 3. The Labute approximate surface area is 163 Å². The van der Waals surface area contributed by atoms with Gasteiger partial charge in [-0.05, 0) is 24.0 Å². The lowest BCUT2D eigenvalue weighted by atomic mass is 9.93. The van der Waals surface area contributed by atoms with Crippen LogP contribution in [0, 0.1) is 30.1 Å². The third-order valence-corrected chi connectivity index (χ3v) is 5.61. The number of fused-ring (bicyclic) bond motifs is 1. The third kappa shape index (κ3) is 3.58. The van der Waals surface area contributed by atoms with E-state index in [1.807, 2.05) is 20.8 Å². The van der Waals surface area contributed by atoms with Crippen molar-refractivity contribution < 1.29 is 14.7 Å². The molecule has 1 fully saturated rings. The van der Waals surface area contributed by atoms with E-state index in [1.165, 1.54) is 6.20 Å². The standard InChI is InChI=1S/C20H25N5O3/c1-4-11(2)17(19(26)25-9-13(5-21)10-25)22-7-14-12(3)6-23-18-16(14)15(8-24-18)20(27)28/h6,8,11,13,17,22H,4,7,9-10H2,1-3H3,(H,23,24)(H,27,28). The van der Waals surface area contributed by atoms with Crippen molar-refractivity contribution in [2.75, 3.05) is 13.1 Å². The van der Waals surface area contributed by atoms with Crippen LogP contribution < -0.4 is 5.32 Å². The Morgan fingerprint density at radius 2 is 2.21 bits per heavy atom. The number of H-pyrrole nitrogens is 1. The van der Waals surface area contributed by atoms with Crippen molar-refractivity contribution in [3.05, 3.63) is 29.1 Å². The van der Waals surface area contributed by atoms with E-state index in [-0.39, 0.29) is 29.3 Å². The molecule has 8 heteroatoms. The Balaban J connectivity index is 1.85. The van der Waals surface area contributed by atoms with Crippen molar-refractivity contribution in [2.24, 2.45) is 11.8 Å². The van der Waals surface area contributed by atoms with Crippen LogP contribution in [0.2, 0.25) is 0 Å². The number of carbonyl (C=O) groups is 2. The lowest BCUT2D eigenvalue weighted by Gasteiger charge is -2.39. The Morgan fingerprint density at radius 1 is 1.50 bits per heavy atom. The molecule has 0 aliphatic carbocycles. The maximum atomic E-state index is 12.9. The highest BCUT2D eigenvalue weighted by Crippen LogP contribution is 2.25. The van der Waals surface area contributed by atoms with E-state index in [1.54, 1.807) is 11.1 Å². The summed E-state index contributed by atoms with van der Waals surface area (Å²) in [7, 11) is 0. The molecule has 0 bridgehead atoms. The molecule has 1 aliphatic rings. The van der Waals surface area contributed by atoms with Gasteiger partial charge in [0.2, 0.25) is 5.91 Å². The highest BCUT2D eigenvalue weighted by Gasteiger charge is 2.36. The molecule has 148 valence electrons. The van der Waals surface area contributed by atoms with Crippen LogP contribution in [-0.4, -0.2) is 51.0 Å². The third-order valence-electron chi connectivity index (χ3n) is 5.61. The molecule has 0 radical (unpaired) electrons. The molecule has 3 N–H and O–H groups in total. The van der Waals surface area contributed by atoms with Gasteiger partial charge in [0.05, 0.1) is 23.6 Å². The first kappa shape index (κ1) is 19.8. The second-order valence-corrected chi connectivity index (χ2v) is 7.46. The average molecular weight is 383 g/mol. The summed E-state index contributed by atoms with van der Waals surface area (Å²) in [6.45, 7) is 7.25. The molecule has 1 amide bonds. The summed E-state index contributed by atoms with van der Waals surface area (Å²) in [5, 5.41) is 22.4. The van der Waals surface area contributed by atoms with Crippen LogP contribution >= 0.6 is 0 Å². The number of aromatic carboxylic acids is 1. The number of nitrogens with one attached hydrogen (secondary N) is 2. The lowest BCUT2D eigenvalue weighted by molar-refractivity contribution is -0.140. The van der Waals surface area contributed by atoms with Gasteiger partial charge in [-0.3, -0.25) is 4.79 Å². The predicted molar refractivity (Wildman–Crippen MR) is 104 cm³/mol. The molecule has 1 saturated heterocycles. The van der Waals surface area contributed by atoms with Crippen molar-refractivity contribution in [3.8, 4) is 6.07 Å². The summed E-state index contributed by atoms with van der Waals surface area (Å²) in [4.78, 5) is 33.4. The van der Waals surface area contributed by atoms with Gasteiger partial charge in [0, 0.05) is 37.4 Å². The predicted octanol–water partition coefficient (Wildman–Crippen LogP) is 2.06. The van der Waals surface area contributed by atoms with Gasteiger partial charge in [-0.25, -0.2) is 9.78 Å². The van der Waals surface area contributed by atoms with Crippen molar-refractivity contribution >= 4 is 22.9 Å². The summed E-state index contributed by atoms with van der Waals surface area (Å²) < 4.78 is 0. The van der Waals surface area contributed by atoms with Gasteiger partial charge in [-0.15, -0.1) is 0 Å². The molecule has 1 aliphatic heterocycles. The van der Waals surface area contributed by atoms with Gasteiger partial charge in [0.25, 0.3) is 0 Å². The van der Waals surface area contributed by atoms with Gasteiger partial charge in [-0.2, -0.15) is 5.26 Å². The summed E-state index contributed by atoms with van der Waals surface area (Å²) in [5.74, 6) is -0.994. The van der Waals surface area contributed by atoms with Crippen LogP contribution in [0.4, 0.5) is 0 Å². The number of nitriles is 1. The van der Waals surface area contributed by atoms with Gasteiger partial charge in [0.1, 0.15) is 5.65 Å². The molecule has 2 unspecified atom stereocenters. The van der Waals surface area contributed by atoms with Crippen molar-refractivity contribution in [1.29, 1.82) is 5.26 Å². The second-order valence-electron chi connectivity index (χ2n) is 7.46. The zero-order valence-corrected chi connectivity index (χ0v) is 16.3. The van der Waals surface area contributed by atoms with E-state index in [4.69, 9.17) is 5.26 Å². The second kappa shape index (κ2) is 7.98. The van der Waals surface area contributed by atoms with Gasteiger partial charge in [-0.1, -0.05) is 20.3 Å². The lowest BCUT2D eigenvalue weighted by Crippen LogP contribution is -2.57. The highest BCUT2D eigenvalue weighted by molar-refractivity contribution is 6.03. The quantitative estimate of drug-likeness (QED) is 0.673. The van der Waals surface area contributed by atoms with Crippen molar-refractivity contribution in [2.45, 2.75) is 39.8 Å². The molecular weight excluding hydrogens is 358 g/mol. The number of carboxylic acids is 1. The summed E-state index contributed by atoms with van der Waals surface area (Å²) in [6.07, 6.45) is 3.98. The Hall–Kier alpha value is -2.92. The Bertz CT molecular complexity index is 939. The smallest absolute Gasteiger partial charge is 0.337 e. The number of likely N-dealkylation sites (tertiary alicyclic amines) is 1. The summed E-state index contributed by atoms with van der Waals surface area (Å²) >= 11 is 0. The fraction of sp³-hybridized carbons (Fsp3) is 0.500. The number of amides is 1. The zero-order valence-electron chi connectivity index (χ0n) is 16.3. The molecule has 2 aromatic heterocycles. The van der Waals surface area contributed by atoms with Crippen LogP contribution in [0.25, 0.3) is 11.0 Å². The molecule has 2 aromatic rings. The maximum Gasteiger partial charge on any atom is 0.337 e. The van der Waals surface area contributed by atoms with E-state index in [9.17, 15) is 14.7 Å². The molecule has 8 nitrogen and oxygen atoms in total. The molecule has 0 spiro atoms. The van der Waals surface area contributed by atoms with Crippen LogP contribution in [0.1, 0.15) is 41.8 Å². The Kier molecular flexibility index (Phi) is 5.66. The first-order valence-corrected chi connectivity index (χ1v) is 9.48. The molecule has 2 atom stereocenters. The average Bonchev–Trinajstić information content (AvgIpc) is 3.06. The van der Waals surface area contributed by atoms with Crippen molar-refractivity contribution in [1.82, 2.24) is 20.2 Å². The van der Waals surface area contributed by atoms with E-state index in [2.05, 4.69) is 21.4 Å². The maximum absolute atomic E-state index is 12.9. The highest BCUT2D eigenvalue weighted by atomic mass is 16.4. The minimum absolute atomic E-state index is 0.00340. The van der Waals surface area contributed by atoms with E-state index in [0.717, 1.165) is 17.5 Å². The largest absolute Gasteiger partial charge is 0.478 e. The molecule has 0 aromatic carbocycles. The van der Waals surface area contributed by atoms with E-state index >= 15 is 0 Å². The van der Waals surface area contributed by atoms with Gasteiger partial charge < -0.3 is 20.3 Å². The first-order valence-electron chi connectivity index (χ1n) is 9.48. The SMILES string of the molecule is CCC(C)C(NCc1c(C)cnc2[nH]cc(C(=O)O)c12)C(=O)N1CC(C#N)C1. The minimum atomic E-state index is -1.02. The number of aryl methyl sites for hydroxylation is 1. The van der Waals surface area contributed by atoms with Gasteiger partial charge >= 0.3 is 5.97 Å². The molecular formula is C20H25N5O3. The van der Waals surface area contributed by atoms with Crippen LogP contribution in [0.5, 0.6) is 0 Å². The minimum Gasteiger partial charge on any atom is -0.478 e. The number of aromatic amines is 1. The van der Waals surface area contributed by atoms with Crippen LogP contribution in [0.3, 0.4) is 0 Å². The molecule has 3 heterocycles. The molecule has 3 rings (SSSR count). The Morgan fingerprint density at radius 3 is 2.82 bits per heavy atom. The van der Waals surface area contributed by atoms with Crippen LogP contribution in [-0.2, 0) is 11.3 Å². The number of pyridine rings is 1. The van der Waals surface area contributed by atoms with Crippen LogP contribution in [0.15, 0.2) is 12.4 Å². The number of carbonyl (C=O) groups excluding carboxylic acids is 1. The number of hydrogen-bond acceptors (Lipinski definition) is 5. The number of aromatic nitrogens is 2. The fourth-order valence-electron chi connectivity index (χ4n) is 3.57. The number of hydrogen-bond donors (Lipinski definition) is 3. The van der Waals surface area contributed by atoms with E-state index in [0.29, 0.717) is 30.7 Å². The molecule has 28 heavy (non-hydrogen) atoms. The number of carboxylic acid groups (broad SMARTS) is 1. The fourth-order valence-corrected chi connectivity index (χ4v) is 3.57. The first-order chi connectivity index (χ1) is 13.4.